The molecule has 2 aromatic carbocycles. The van der Waals surface area contributed by atoms with Gasteiger partial charge in [0, 0.05) is 0 Å². The predicted molar refractivity (Wildman–Crippen MR) is 76.1 cm³/mol. The molecule has 2 radical (unpaired) electrons. The minimum absolute atomic E-state index is 0.0176. The average molecular weight is 369 g/mol. The van der Waals surface area contributed by atoms with Crippen molar-refractivity contribution in [2.45, 2.75) is 12.7 Å². The molecule has 0 aromatic heterocycles. The number of alkyl halides is 3. The molecule has 0 saturated carbocycles. The van der Waals surface area contributed by atoms with Crippen LogP contribution in [0.25, 0.3) is 0 Å². The molecule has 1 amide bonds. The molecule has 0 bridgehead atoms. The number of nitrogens with one attached hydrogen (secondary N) is 1. The van der Waals surface area contributed by atoms with Crippen molar-refractivity contribution in [3.63, 3.8) is 0 Å². The van der Waals surface area contributed by atoms with Crippen LogP contribution in [0, 0.1) is 0 Å². The summed E-state index contributed by atoms with van der Waals surface area (Å²) in [6.45, 7) is -0.252. The Hall–Kier alpha value is -1.94. The number of halogens is 3. The van der Waals surface area contributed by atoms with Gasteiger partial charge < -0.3 is 0 Å². The van der Waals surface area contributed by atoms with E-state index in [1.54, 1.807) is 0 Å². The quantitative estimate of drug-likeness (QED) is 0.815. The van der Waals surface area contributed by atoms with Crippen molar-refractivity contribution in [3.8, 4) is 5.75 Å². The Kier molecular flexibility index (Phi) is 4.81. The fourth-order valence-corrected chi connectivity index (χ4v) is 2.52. The second-order valence-corrected chi connectivity index (χ2v) is 5.66. The first-order valence-electron chi connectivity index (χ1n) is 6.23. The summed E-state index contributed by atoms with van der Waals surface area (Å²) in [6, 6.07) is 9.28. The van der Waals surface area contributed by atoms with E-state index in [0.717, 1.165) is 6.07 Å². The molecule has 0 unspecified atom stereocenters. The number of phenols is 1. The van der Waals surface area contributed by atoms with Crippen LogP contribution in [0.3, 0.4) is 0 Å². The molecular formula is C15H11AsF3NO2. The van der Waals surface area contributed by atoms with E-state index < -0.39 is 17.6 Å². The van der Waals surface area contributed by atoms with Crippen LogP contribution in [-0.4, -0.2) is 27.9 Å². The number of rotatable bonds is 3. The first-order valence-corrected chi connectivity index (χ1v) is 7.17. The van der Waals surface area contributed by atoms with Crippen LogP contribution in [-0.2, 0) is 12.7 Å². The van der Waals surface area contributed by atoms with Crippen LogP contribution in [0.2, 0.25) is 0 Å². The number of carbonyl (C=O) groups is 1. The maximum absolute atomic E-state index is 12.9. The van der Waals surface area contributed by atoms with Gasteiger partial charge in [0.25, 0.3) is 0 Å². The third kappa shape index (κ3) is 4.04. The van der Waals surface area contributed by atoms with Gasteiger partial charge in [0.2, 0.25) is 0 Å². The van der Waals surface area contributed by atoms with E-state index in [9.17, 15) is 23.1 Å². The normalized spacial score (nSPS) is 11.3. The molecule has 0 aliphatic rings. The van der Waals surface area contributed by atoms with Gasteiger partial charge >= 0.3 is 133 Å². The van der Waals surface area contributed by atoms with Gasteiger partial charge in [-0.25, -0.2) is 0 Å². The molecule has 0 fully saturated rings. The standard InChI is InChI=1S/C15H11AsF3NO2/c16-11-5-10(6-12(21)7-11)14(22)20-8-9-3-1-2-4-13(9)15(17,18)19/h1-7,21H,8H2,(H,20,22). The summed E-state index contributed by atoms with van der Waals surface area (Å²) in [5.74, 6) is -0.640. The molecule has 2 aromatic rings. The Balaban J connectivity index is 2.15. The molecule has 2 rings (SSSR count). The molecule has 7 heteroatoms. The summed E-state index contributed by atoms with van der Waals surface area (Å²) in [5.41, 5.74) is -0.616. The number of amides is 1. The van der Waals surface area contributed by atoms with Crippen LogP contribution < -0.4 is 9.67 Å². The van der Waals surface area contributed by atoms with Crippen molar-refractivity contribution >= 4 is 27.1 Å². The molecule has 0 atom stereocenters. The number of hydrogen-bond donors (Lipinski definition) is 2. The Morgan fingerprint density at radius 2 is 1.86 bits per heavy atom. The van der Waals surface area contributed by atoms with E-state index in [4.69, 9.17) is 0 Å². The van der Waals surface area contributed by atoms with E-state index in [1.807, 2.05) is 0 Å². The molecule has 0 heterocycles. The molecule has 22 heavy (non-hydrogen) atoms. The van der Waals surface area contributed by atoms with Crippen LogP contribution in [0.15, 0.2) is 42.5 Å². The predicted octanol–water partition coefficient (Wildman–Crippen LogP) is 2.13. The van der Waals surface area contributed by atoms with E-state index in [2.05, 4.69) is 22.2 Å². The Bertz CT molecular complexity index is 681. The SMILES string of the molecule is O=C(NCc1ccccc1C(F)(F)F)c1cc(O)cc([As])c1. The van der Waals surface area contributed by atoms with Crippen molar-refractivity contribution < 1.29 is 23.1 Å². The molecular weight excluding hydrogens is 358 g/mol. The number of phenolic OH excluding ortho intramolecular Hbond substituents is 1. The second kappa shape index (κ2) is 6.44. The number of benzene rings is 2. The van der Waals surface area contributed by atoms with Gasteiger partial charge in [0.05, 0.1) is 0 Å². The summed E-state index contributed by atoms with van der Waals surface area (Å²) in [7, 11) is 0. The summed E-state index contributed by atoms with van der Waals surface area (Å²) >= 11 is 2.18. The topological polar surface area (TPSA) is 49.3 Å². The van der Waals surface area contributed by atoms with Gasteiger partial charge in [-0.2, -0.15) is 0 Å². The zero-order chi connectivity index (χ0) is 16.3. The first-order chi connectivity index (χ1) is 10.3. The van der Waals surface area contributed by atoms with Gasteiger partial charge in [0.15, 0.2) is 0 Å². The van der Waals surface area contributed by atoms with Crippen LogP contribution in [0.5, 0.6) is 5.75 Å². The number of carbonyl (C=O) groups excluding carboxylic acids is 1. The third-order valence-electron chi connectivity index (χ3n) is 2.93. The van der Waals surface area contributed by atoms with Gasteiger partial charge in [-0.15, -0.1) is 0 Å². The number of hydrogen-bond acceptors (Lipinski definition) is 2. The van der Waals surface area contributed by atoms with Gasteiger partial charge in [-0.3, -0.25) is 0 Å². The van der Waals surface area contributed by atoms with Crippen LogP contribution in [0.1, 0.15) is 21.5 Å². The van der Waals surface area contributed by atoms with Crippen LogP contribution in [0.4, 0.5) is 13.2 Å². The van der Waals surface area contributed by atoms with Crippen LogP contribution >= 0.6 is 0 Å². The van der Waals surface area contributed by atoms with Gasteiger partial charge in [0.1, 0.15) is 0 Å². The maximum atomic E-state index is 12.9. The molecule has 0 saturated heterocycles. The monoisotopic (exact) mass is 369 g/mol. The Labute approximate surface area is 133 Å². The second-order valence-electron chi connectivity index (χ2n) is 4.58. The Morgan fingerprint density at radius 1 is 1.18 bits per heavy atom. The molecule has 3 nitrogen and oxygen atoms in total. The fourth-order valence-electron chi connectivity index (χ4n) is 1.95. The van der Waals surface area contributed by atoms with E-state index in [-0.39, 0.29) is 23.4 Å². The molecule has 0 spiro atoms. The van der Waals surface area contributed by atoms with Gasteiger partial charge in [-0.05, 0) is 0 Å². The van der Waals surface area contributed by atoms with Crippen molar-refractivity contribution in [2.75, 3.05) is 0 Å². The third-order valence-corrected chi connectivity index (χ3v) is 3.47. The van der Waals surface area contributed by atoms with E-state index in [1.165, 1.54) is 36.4 Å². The summed E-state index contributed by atoms with van der Waals surface area (Å²) < 4.78 is 39.2. The summed E-state index contributed by atoms with van der Waals surface area (Å²) in [5, 5.41) is 11.9. The average Bonchev–Trinajstić information content (AvgIpc) is 2.43. The molecule has 114 valence electrons. The van der Waals surface area contributed by atoms with Crippen molar-refractivity contribution in [2.24, 2.45) is 0 Å². The van der Waals surface area contributed by atoms with Crippen molar-refractivity contribution in [1.29, 1.82) is 0 Å². The summed E-state index contributed by atoms with van der Waals surface area (Å²) in [6.07, 6.45) is -4.47. The van der Waals surface area contributed by atoms with Gasteiger partial charge in [-0.1, -0.05) is 0 Å². The zero-order valence-corrected chi connectivity index (χ0v) is 13.1. The fraction of sp³-hybridized carbons (Fsp3) is 0.133. The minimum atomic E-state index is -4.47. The molecule has 0 aliphatic heterocycles. The number of aromatic hydroxyl groups is 1. The Morgan fingerprint density at radius 3 is 2.50 bits per heavy atom. The van der Waals surface area contributed by atoms with Crippen molar-refractivity contribution in [3.05, 3.63) is 59.2 Å². The van der Waals surface area contributed by atoms with E-state index >= 15 is 0 Å². The molecule has 2 N–H and O–H groups in total. The molecule has 0 aliphatic carbocycles. The summed E-state index contributed by atoms with van der Waals surface area (Å²) in [4.78, 5) is 12.0. The van der Waals surface area contributed by atoms with E-state index in [0.29, 0.717) is 4.35 Å². The zero-order valence-electron chi connectivity index (χ0n) is 11.2. The first kappa shape index (κ1) is 16.4. The van der Waals surface area contributed by atoms with Crippen molar-refractivity contribution in [1.82, 2.24) is 5.32 Å².